The van der Waals surface area contributed by atoms with Gasteiger partial charge in [-0.15, -0.1) is 0 Å². The molecule has 0 unspecified atom stereocenters. The molecule has 0 N–H and O–H groups in total. The maximum Gasteiger partial charge on any atom is 0.411 e. The van der Waals surface area contributed by atoms with Crippen LogP contribution in [0.4, 0.5) is 26.3 Å². The van der Waals surface area contributed by atoms with Crippen molar-refractivity contribution in [2.45, 2.75) is 59.8 Å². The SMILES string of the molecule is C=C(/C=C\C(C)=C(C)C)C(C(/C=C\CC)=C/CC)(C(F)(F)F)C(F)(F)F. The molecule has 0 nitrogen and oxygen atoms in total. The van der Waals surface area contributed by atoms with E-state index in [2.05, 4.69) is 6.58 Å². The fourth-order valence-corrected chi connectivity index (χ4v) is 2.37. The Balaban J connectivity index is 6.80. The Labute approximate surface area is 151 Å². The fraction of sp³-hybridized carbons (Fsp3) is 0.500. The summed E-state index contributed by atoms with van der Waals surface area (Å²) in [6, 6.07) is 0. The maximum absolute atomic E-state index is 13.9. The van der Waals surface area contributed by atoms with Crippen molar-refractivity contribution in [3.63, 3.8) is 0 Å². The first-order valence-corrected chi connectivity index (χ1v) is 8.29. The summed E-state index contributed by atoms with van der Waals surface area (Å²) in [5.41, 5.74) is -4.70. The van der Waals surface area contributed by atoms with Crippen molar-refractivity contribution in [1.29, 1.82) is 0 Å². The van der Waals surface area contributed by atoms with Gasteiger partial charge in [0.1, 0.15) is 0 Å². The van der Waals surface area contributed by atoms with Crippen LogP contribution in [0.3, 0.4) is 0 Å². The van der Waals surface area contributed by atoms with Crippen LogP contribution in [0.15, 0.2) is 59.3 Å². The highest BCUT2D eigenvalue weighted by molar-refractivity contribution is 5.46. The van der Waals surface area contributed by atoms with Crippen LogP contribution in [-0.2, 0) is 0 Å². The van der Waals surface area contributed by atoms with Crippen molar-refractivity contribution >= 4 is 0 Å². The molecular formula is C20H26F6. The van der Waals surface area contributed by atoms with Crippen LogP contribution in [0.5, 0.6) is 0 Å². The second-order valence-electron chi connectivity index (χ2n) is 6.17. The van der Waals surface area contributed by atoms with Gasteiger partial charge in [-0.2, -0.15) is 26.3 Å². The van der Waals surface area contributed by atoms with E-state index in [0.29, 0.717) is 12.0 Å². The van der Waals surface area contributed by atoms with Gasteiger partial charge in [0.05, 0.1) is 0 Å². The summed E-state index contributed by atoms with van der Waals surface area (Å²) in [6.07, 6.45) is -5.66. The molecule has 0 saturated carbocycles. The zero-order valence-electron chi connectivity index (χ0n) is 15.8. The molecule has 0 aromatic carbocycles. The molecule has 0 radical (unpaired) electrons. The van der Waals surface area contributed by atoms with Gasteiger partial charge in [0, 0.05) is 0 Å². The third kappa shape index (κ3) is 5.15. The van der Waals surface area contributed by atoms with Crippen molar-refractivity contribution in [3.8, 4) is 0 Å². The van der Waals surface area contributed by atoms with E-state index in [1.54, 1.807) is 27.7 Å². The van der Waals surface area contributed by atoms with Crippen LogP contribution in [0, 0.1) is 5.41 Å². The number of hydrogen-bond acceptors (Lipinski definition) is 0. The molecule has 0 rings (SSSR count). The third-order valence-corrected chi connectivity index (χ3v) is 4.05. The van der Waals surface area contributed by atoms with Crippen molar-refractivity contribution in [2.75, 3.05) is 0 Å². The summed E-state index contributed by atoms with van der Waals surface area (Å²) in [6.45, 7) is 11.4. The Hall–Kier alpha value is -1.72. The normalized spacial score (nSPS) is 14.3. The molecule has 0 saturated heterocycles. The summed E-state index contributed by atoms with van der Waals surface area (Å²) < 4.78 is 83.4. The molecule has 0 aromatic heterocycles. The first kappa shape index (κ1) is 24.3. The first-order chi connectivity index (χ1) is 11.8. The van der Waals surface area contributed by atoms with Crippen LogP contribution in [-0.4, -0.2) is 12.4 Å². The highest BCUT2D eigenvalue weighted by Crippen LogP contribution is 2.59. The van der Waals surface area contributed by atoms with Gasteiger partial charge in [-0.05, 0) is 44.8 Å². The Morgan fingerprint density at radius 2 is 1.31 bits per heavy atom. The standard InChI is InChI=1S/C20H26F6/c1-7-9-11-17(10-8-2)18(19(21,22)23,20(24,25)26)16(6)13-12-15(5)14(3)4/h9-13H,6-8H2,1-5H3/b11-9-,13-12-,17-10+. The van der Waals surface area contributed by atoms with E-state index in [4.69, 9.17) is 0 Å². The molecule has 0 aliphatic carbocycles. The minimum atomic E-state index is -5.59. The minimum absolute atomic E-state index is 0.0291. The summed E-state index contributed by atoms with van der Waals surface area (Å²) in [5.74, 6) is 0. The van der Waals surface area contributed by atoms with E-state index < -0.39 is 28.9 Å². The largest absolute Gasteiger partial charge is 0.411 e. The summed E-state index contributed by atoms with van der Waals surface area (Å²) >= 11 is 0. The lowest BCUT2D eigenvalue weighted by atomic mass is 9.71. The zero-order valence-corrected chi connectivity index (χ0v) is 15.8. The van der Waals surface area contributed by atoms with E-state index in [1.807, 2.05) is 0 Å². The molecule has 6 heteroatoms. The van der Waals surface area contributed by atoms with Gasteiger partial charge < -0.3 is 0 Å². The van der Waals surface area contributed by atoms with Crippen LogP contribution in [0.1, 0.15) is 47.5 Å². The van der Waals surface area contributed by atoms with Gasteiger partial charge in [0.2, 0.25) is 5.41 Å². The summed E-state index contributed by atoms with van der Waals surface area (Å²) in [5, 5.41) is 0. The van der Waals surface area contributed by atoms with E-state index in [0.717, 1.165) is 23.8 Å². The Morgan fingerprint density at radius 1 is 0.808 bits per heavy atom. The highest BCUT2D eigenvalue weighted by atomic mass is 19.4. The van der Waals surface area contributed by atoms with Crippen LogP contribution >= 0.6 is 0 Å². The summed E-state index contributed by atoms with van der Waals surface area (Å²) in [7, 11) is 0. The molecule has 0 bridgehead atoms. The summed E-state index contributed by atoms with van der Waals surface area (Å²) in [4.78, 5) is 0. The van der Waals surface area contributed by atoms with E-state index >= 15 is 0 Å². The second-order valence-corrected chi connectivity index (χ2v) is 6.17. The van der Waals surface area contributed by atoms with Gasteiger partial charge in [-0.3, -0.25) is 0 Å². The number of alkyl halides is 6. The average molecular weight is 380 g/mol. The van der Waals surface area contributed by atoms with Gasteiger partial charge >= 0.3 is 12.4 Å². The van der Waals surface area contributed by atoms with Crippen LogP contribution < -0.4 is 0 Å². The fourth-order valence-electron chi connectivity index (χ4n) is 2.37. The predicted molar refractivity (Wildman–Crippen MR) is 94.7 cm³/mol. The van der Waals surface area contributed by atoms with Gasteiger partial charge in [0.25, 0.3) is 0 Å². The molecule has 0 aliphatic heterocycles. The Kier molecular flexibility index (Phi) is 8.67. The zero-order chi connectivity index (χ0) is 20.8. The van der Waals surface area contributed by atoms with E-state index in [-0.39, 0.29) is 6.42 Å². The average Bonchev–Trinajstić information content (AvgIpc) is 2.47. The number of halogens is 6. The molecule has 26 heavy (non-hydrogen) atoms. The van der Waals surface area contributed by atoms with Crippen molar-refractivity contribution in [3.05, 3.63) is 59.3 Å². The molecular weight excluding hydrogens is 354 g/mol. The van der Waals surface area contributed by atoms with E-state index in [9.17, 15) is 26.3 Å². The lowest BCUT2D eigenvalue weighted by Gasteiger charge is -2.39. The molecule has 0 aromatic rings. The molecule has 0 spiro atoms. The van der Waals surface area contributed by atoms with Gasteiger partial charge in [0.15, 0.2) is 0 Å². The topological polar surface area (TPSA) is 0 Å². The molecule has 0 aliphatic rings. The van der Waals surface area contributed by atoms with Crippen molar-refractivity contribution in [2.24, 2.45) is 5.41 Å². The maximum atomic E-state index is 13.9. The molecule has 148 valence electrons. The van der Waals surface area contributed by atoms with Crippen molar-refractivity contribution < 1.29 is 26.3 Å². The second kappa shape index (κ2) is 9.28. The Bertz CT molecular complexity index is 591. The first-order valence-electron chi connectivity index (χ1n) is 8.29. The Morgan fingerprint density at radius 3 is 1.65 bits per heavy atom. The quantitative estimate of drug-likeness (QED) is 0.311. The van der Waals surface area contributed by atoms with E-state index in [1.165, 1.54) is 19.1 Å². The lowest BCUT2D eigenvalue weighted by Crippen LogP contribution is -2.52. The molecule has 0 heterocycles. The number of allylic oxidation sites excluding steroid dienone is 9. The predicted octanol–water partition coefficient (Wildman–Crippen LogP) is 7.87. The van der Waals surface area contributed by atoms with Gasteiger partial charge in [-0.1, -0.05) is 62.0 Å². The van der Waals surface area contributed by atoms with Crippen molar-refractivity contribution in [1.82, 2.24) is 0 Å². The molecule has 0 atom stereocenters. The minimum Gasteiger partial charge on any atom is -0.169 e. The number of hydrogen-bond donors (Lipinski definition) is 0. The van der Waals surface area contributed by atoms with Gasteiger partial charge in [-0.25, -0.2) is 0 Å². The highest BCUT2D eigenvalue weighted by Gasteiger charge is 2.72. The molecule has 0 fully saturated rings. The lowest BCUT2D eigenvalue weighted by molar-refractivity contribution is -0.308. The third-order valence-electron chi connectivity index (χ3n) is 4.05. The van der Waals surface area contributed by atoms with Crippen LogP contribution in [0.25, 0.3) is 0 Å². The molecule has 0 amide bonds. The smallest absolute Gasteiger partial charge is 0.169 e. The number of rotatable bonds is 7. The van der Waals surface area contributed by atoms with Crippen LogP contribution in [0.2, 0.25) is 0 Å². The monoisotopic (exact) mass is 380 g/mol.